The van der Waals surface area contributed by atoms with Crippen molar-refractivity contribution in [3.8, 4) is 17.3 Å². The first-order valence-electron chi connectivity index (χ1n) is 7.57. The molecule has 0 saturated carbocycles. The highest BCUT2D eigenvalue weighted by molar-refractivity contribution is 6.31. The number of carbonyl (C=O) groups excluding carboxylic acids is 1. The second-order valence-electron chi connectivity index (χ2n) is 5.34. The topological polar surface area (TPSA) is 90.4 Å². The van der Waals surface area contributed by atoms with E-state index in [1.807, 2.05) is 6.92 Å². The van der Waals surface area contributed by atoms with Crippen LogP contribution in [0.3, 0.4) is 0 Å². The van der Waals surface area contributed by atoms with E-state index in [0.717, 1.165) is 5.56 Å². The van der Waals surface area contributed by atoms with Gasteiger partial charge in [0.1, 0.15) is 5.75 Å². The molecule has 0 unspecified atom stereocenters. The van der Waals surface area contributed by atoms with Crippen LogP contribution in [0.1, 0.15) is 17.9 Å². The fraction of sp³-hybridized carbons (Fsp3) is 0.235. The van der Waals surface area contributed by atoms with Crippen LogP contribution in [0.5, 0.6) is 5.75 Å². The zero-order chi connectivity index (χ0) is 17.8. The van der Waals surface area contributed by atoms with Gasteiger partial charge in [0.05, 0.1) is 19.1 Å². The molecule has 3 rings (SSSR count). The van der Waals surface area contributed by atoms with Crippen LogP contribution in [-0.4, -0.2) is 23.2 Å². The first-order chi connectivity index (χ1) is 12.1. The molecule has 0 fully saturated rings. The number of furan rings is 1. The molecule has 0 aliphatic carbocycles. The second-order valence-corrected chi connectivity index (χ2v) is 5.75. The van der Waals surface area contributed by atoms with E-state index in [2.05, 4.69) is 15.5 Å². The number of aromatic nitrogens is 2. The lowest BCUT2D eigenvalue weighted by Gasteiger charge is -2.12. The van der Waals surface area contributed by atoms with Crippen molar-refractivity contribution in [2.24, 2.45) is 0 Å². The number of benzene rings is 1. The number of hydrogen-bond donors (Lipinski definition) is 1. The third kappa shape index (κ3) is 4.00. The predicted octanol–water partition coefficient (Wildman–Crippen LogP) is 3.87. The van der Waals surface area contributed by atoms with Gasteiger partial charge >= 0.3 is 0 Å². The number of halogens is 1. The van der Waals surface area contributed by atoms with Crippen molar-refractivity contribution in [1.29, 1.82) is 0 Å². The van der Waals surface area contributed by atoms with Crippen LogP contribution in [0, 0.1) is 6.92 Å². The molecule has 0 saturated heterocycles. The molecule has 2 aromatic heterocycles. The summed E-state index contributed by atoms with van der Waals surface area (Å²) in [6.07, 6.45) is 2.03. The average Bonchev–Trinajstić information content (AvgIpc) is 3.27. The van der Waals surface area contributed by atoms with Crippen LogP contribution < -0.4 is 10.1 Å². The quantitative estimate of drug-likeness (QED) is 0.716. The number of ether oxygens (including phenoxy) is 1. The molecule has 0 spiro atoms. The second kappa shape index (κ2) is 7.40. The molecule has 130 valence electrons. The highest BCUT2D eigenvalue weighted by Crippen LogP contribution is 2.31. The van der Waals surface area contributed by atoms with Gasteiger partial charge in [-0.15, -0.1) is 0 Å². The first-order valence-corrected chi connectivity index (χ1v) is 7.95. The van der Waals surface area contributed by atoms with Crippen LogP contribution >= 0.6 is 11.6 Å². The molecule has 1 N–H and O–H groups in total. The van der Waals surface area contributed by atoms with E-state index < -0.39 is 0 Å². The van der Waals surface area contributed by atoms with Gasteiger partial charge in [-0.1, -0.05) is 16.8 Å². The summed E-state index contributed by atoms with van der Waals surface area (Å²) < 4.78 is 15.6. The minimum absolute atomic E-state index is 0.185. The Labute approximate surface area is 148 Å². The van der Waals surface area contributed by atoms with Gasteiger partial charge in [-0.05, 0) is 30.7 Å². The van der Waals surface area contributed by atoms with Crippen molar-refractivity contribution in [1.82, 2.24) is 10.1 Å². The molecule has 0 aliphatic rings. The van der Waals surface area contributed by atoms with Crippen LogP contribution in [0.15, 0.2) is 39.5 Å². The van der Waals surface area contributed by atoms with E-state index in [1.165, 1.54) is 13.4 Å². The molecule has 1 amide bonds. The van der Waals surface area contributed by atoms with Crippen molar-refractivity contribution >= 4 is 23.2 Å². The maximum Gasteiger partial charge on any atom is 0.238 e. The zero-order valence-corrected chi connectivity index (χ0v) is 14.5. The molecule has 0 radical (unpaired) electrons. The zero-order valence-electron chi connectivity index (χ0n) is 13.7. The maximum absolute atomic E-state index is 12.2. The fourth-order valence-electron chi connectivity index (χ4n) is 2.23. The predicted molar refractivity (Wildman–Crippen MR) is 91.7 cm³/mol. The number of methoxy groups -OCH3 is 1. The van der Waals surface area contributed by atoms with Gasteiger partial charge in [-0.25, -0.2) is 0 Å². The van der Waals surface area contributed by atoms with E-state index in [1.54, 1.807) is 24.3 Å². The molecule has 3 aromatic rings. The Hall–Kier alpha value is -2.80. The Balaban J connectivity index is 1.61. The van der Waals surface area contributed by atoms with Crippen LogP contribution in [0.25, 0.3) is 11.6 Å². The third-order valence-electron chi connectivity index (χ3n) is 3.53. The highest BCUT2D eigenvalue weighted by Gasteiger charge is 2.14. The number of nitrogens with zero attached hydrogens (tertiary/aromatic N) is 2. The van der Waals surface area contributed by atoms with Gasteiger partial charge in [-0.2, -0.15) is 4.98 Å². The number of aryl methyl sites for hydroxylation is 2. The van der Waals surface area contributed by atoms with Crippen molar-refractivity contribution < 1.29 is 18.5 Å². The number of anilines is 1. The number of carbonyl (C=O) groups is 1. The lowest BCUT2D eigenvalue weighted by molar-refractivity contribution is -0.116. The molecule has 2 heterocycles. The van der Waals surface area contributed by atoms with Gasteiger partial charge in [0.2, 0.25) is 17.6 Å². The number of hydrogen-bond acceptors (Lipinski definition) is 6. The molecule has 7 nitrogen and oxygen atoms in total. The van der Waals surface area contributed by atoms with Gasteiger partial charge in [0.15, 0.2) is 5.76 Å². The van der Waals surface area contributed by atoms with Gasteiger partial charge in [-0.3, -0.25) is 4.79 Å². The summed E-state index contributed by atoms with van der Waals surface area (Å²) in [7, 11) is 1.52. The molecule has 25 heavy (non-hydrogen) atoms. The smallest absolute Gasteiger partial charge is 0.238 e. The molecular formula is C17H16ClN3O4. The summed E-state index contributed by atoms with van der Waals surface area (Å²) in [5, 5.41) is 7.20. The third-order valence-corrected chi connectivity index (χ3v) is 3.94. The van der Waals surface area contributed by atoms with Gasteiger partial charge < -0.3 is 19.0 Å². The SMILES string of the molecule is COc1cc(Cl)c(C)cc1NC(=O)CCc1nc(-c2ccco2)no1. The monoisotopic (exact) mass is 361 g/mol. The Morgan fingerprint density at radius 3 is 2.96 bits per heavy atom. The Bertz CT molecular complexity index is 874. The normalized spacial score (nSPS) is 10.7. The maximum atomic E-state index is 12.2. The van der Waals surface area contributed by atoms with Crippen molar-refractivity contribution in [2.45, 2.75) is 19.8 Å². The van der Waals surface area contributed by atoms with E-state index in [-0.39, 0.29) is 12.3 Å². The minimum atomic E-state index is -0.197. The van der Waals surface area contributed by atoms with Crippen molar-refractivity contribution in [3.05, 3.63) is 47.0 Å². The van der Waals surface area contributed by atoms with Crippen LogP contribution in [-0.2, 0) is 11.2 Å². The minimum Gasteiger partial charge on any atom is -0.495 e. The summed E-state index contributed by atoms with van der Waals surface area (Å²) in [5.74, 6) is 1.54. The molecular weight excluding hydrogens is 346 g/mol. The summed E-state index contributed by atoms with van der Waals surface area (Å²) in [5.41, 5.74) is 1.41. The fourth-order valence-corrected chi connectivity index (χ4v) is 2.38. The largest absolute Gasteiger partial charge is 0.495 e. The number of amides is 1. The van der Waals surface area contributed by atoms with E-state index >= 15 is 0 Å². The van der Waals surface area contributed by atoms with Crippen molar-refractivity contribution in [3.63, 3.8) is 0 Å². The lowest BCUT2D eigenvalue weighted by Crippen LogP contribution is -2.13. The summed E-state index contributed by atoms with van der Waals surface area (Å²) in [6.45, 7) is 1.85. The van der Waals surface area contributed by atoms with Gasteiger partial charge in [0.25, 0.3) is 0 Å². The molecule has 8 heteroatoms. The van der Waals surface area contributed by atoms with Crippen LogP contribution in [0.4, 0.5) is 5.69 Å². The summed E-state index contributed by atoms with van der Waals surface area (Å²) in [4.78, 5) is 16.4. The average molecular weight is 362 g/mol. The number of nitrogens with one attached hydrogen (secondary N) is 1. The molecule has 1 aromatic carbocycles. The number of rotatable bonds is 6. The van der Waals surface area contributed by atoms with E-state index in [0.29, 0.717) is 40.4 Å². The summed E-state index contributed by atoms with van der Waals surface area (Å²) >= 11 is 6.06. The molecule has 0 atom stereocenters. The highest BCUT2D eigenvalue weighted by atomic mass is 35.5. The van der Waals surface area contributed by atoms with Gasteiger partial charge in [0, 0.05) is 23.9 Å². The standard InChI is InChI=1S/C17H16ClN3O4/c1-10-8-12(14(23-2)9-11(10)18)19-15(22)5-6-16-20-17(21-25-16)13-4-3-7-24-13/h3-4,7-9H,5-6H2,1-2H3,(H,19,22). The van der Waals surface area contributed by atoms with Crippen LogP contribution in [0.2, 0.25) is 5.02 Å². The van der Waals surface area contributed by atoms with Crippen molar-refractivity contribution in [2.75, 3.05) is 12.4 Å². The van der Waals surface area contributed by atoms with E-state index in [9.17, 15) is 4.79 Å². The Kier molecular flexibility index (Phi) is 5.04. The molecule has 0 bridgehead atoms. The first kappa shape index (κ1) is 17.0. The Morgan fingerprint density at radius 1 is 1.40 bits per heavy atom. The summed E-state index contributed by atoms with van der Waals surface area (Å²) in [6, 6.07) is 6.90. The molecule has 0 aliphatic heterocycles. The van der Waals surface area contributed by atoms with E-state index in [4.69, 9.17) is 25.3 Å². The Morgan fingerprint density at radius 2 is 2.24 bits per heavy atom. The lowest BCUT2D eigenvalue weighted by atomic mass is 10.2.